The average Bonchev–Trinajstić information content (AvgIpc) is 2.77. The van der Waals surface area contributed by atoms with Crippen LogP contribution in [0.15, 0.2) is 60.7 Å². The van der Waals surface area contributed by atoms with Gasteiger partial charge in [-0.2, -0.15) is 0 Å². The zero-order valence-corrected chi connectivity index (χ0v) is 16.6. The Kier molecular flexibility index (Phi) is 5.36. The van der Waals surface area contributed by atoms with E-state index in [1.807, 2.05) is 0 Å². The van der Waals surface area contributed by atoms with E-state index in [9.17, 15) is 28.0 Å². The third-order valence-corrected chi connectivity index (χ3v) is 5.01. The number of ether oxygens (including phenoxy) is 1. The van der Waals surface area contributed by atoms with Crippen LogP contribution < -0.4 is 5.32 Å². The normalized spacial score (nSPS) is 13.1. The molecule has 0 bridgehead atoms. The highest BCUT2D eigenvalue weighted by atomic mass is 19.1. The van der Waals surface area contributed by atoms with Crippen LogP contribution in [-0.2, 0) is 9.53 Å². The fourth-order valence-corrected chi connectivity index (χ4v) is 3.39. The maximum Gasteiger partial charge on any atom is 0.344 e. The molecule has 1 N–H and O–H groups in total. The molecule has 0 heterocycles. The minimum absolute atomic E-state index is 0.129. The molecule has 1 unspecified atom stereocenters. The number of anilines is 1. The van der Waals surface area contributed by atoms with Gasteiger partial charge >= 0.3 is 5.97 Å². The summed E-state index contributed by atoms with van der Waals surface area (Å²) in [7, 11) is 0. The predicted octanol–water partition coefficient (Wildman–Crippen LogP) is 3.92. The third-order valence-electron chi connectivity index (χ3n) is 5.01. The Labute approximate surface area is 180 Å². The van der Waals surface area contributed by atoms with Gasteiger partial charge in [-0.25, -0.2) is 13.6 Å². The zero-order chi connectivity index (χ0) is 23.0. The highest BCUT2D eigenvalue weighted by molar-refractivity contribution is 6.28. The van der Waals surface area contributed by atoms with Gasteiger partial charge in [0, 0.05) is 27.9 Å². The number of carbonyl (C=O) groups excluding carboxylic acids is 4. The molecule has 160 valence electrons. The van der Waals surface area contributed by atoms with Crippen LogP contribution in [0.2, 0.25) is 0 Å². The van der Waals surface area contributed by atoms with Crippen molar-refractivity contribution in [3.05, 3.63) is 100 Å². The number of rotatable bonds is 4. The van der Waals surface area contributed by atoms with Crippen LogP contribution >= 0.6 is 0 Å². The second-order valence-corrected chi connectivity index (χ2v) is 7.10. The number of hydrogen-bond donors (Lipinski definition) is 1. The highest BCUT2D eigenvalue weighted by Gasteiger charge is 2.30. The SMILES string of the molecule is CC(OC(=O)c1c(F)cccc1F)C(=O)Nc1ccc2c(c1)C(=O)c1ccccc1C2=O. The lowest BCUT2D eigenvalue weighted by Gasteiger charge is -2.19. The van der Waals surface area contributed by atoms with E-state index in [4.69, 9.17) is 4.74 Å². The van der Waals surface area contributed by atoms with Gasteiger partial charge in [-0.3, -0.25) is 14.4 Å². The zero-order valence-electron chi connectivity index (χ0n) is 16.6. The summed E-state index contributed by atoms with van der Waals surface area (Å²) in [5.74, 6) is -5.00. The Morgan fingerprint density at radius 3 is 2.00 bits per heavy atom. The van der Waals surface area contributed by atoms with Gasteiger partial charge in [0.05, 0.1) is 0 Å². The van der Waals surface area contributed by atoms with Crippen molar-refractivity contribution in [1.82, 2.24) is 0 Å². The van der Waals surface area contributed by atoms with E-state index in [1.165, 1.54) is 25.1 Å². The lowest BCUT2D eigenvalue weighted by Crippen LogP contribution is -2.30. The van der Waals surface area contributed by atoms with Gasteiger partial charge in [-0.1, -0.05) is 30.3 Å². The van der Waals surface area contributed by atoms with E-state index >= 15 is 0 Å². The monoisotopic (exact) mass is 435 g/mol. The first kappa shape index (κ1) is 21.0. The maximum atomic E-state index is 13.7. The molecule has 0 saturated heterocycles. The fourth-order valence-electron chi connectivity index (χ4n) is 3.39. The Morgan fingerprint density at radius 1 is 0.812 bits per heavy atom. The topological polar surface area (TPSA) is 89.5 Å². The van der Waals surface area contributed by atoms with E-state index in [-0.39, 0.29) is 33.9 Å². The third kappa shape index (κ3) is 3.66. The summed E-state index contributed by atoms with van der Waals surface area (Å²) in [6, 6.07) is 13.5. The Balaban J connectivity index is 1.51. The van der Waals surface area contributed by atoms with Crippen molar-refractivity contribution >= 4 is 29.1 Å². The number of fused-ring (bicyclic) bond motifs is 2. The van der Waals surface area contributed by atoms with Crippen molar-refractivity contribution in [3.8, 4) is 0 Å². The maximum absolute atomic E-state index is 13.7. The number of amides is 1. The fraction of sp³-hybridized carbons (Fsp3) is 0.0833. The molecule has 1 amide bonds. The van der Waals surface area contributed by atoms with Crippen molar-refractivity contribution < 1.29 is 32.7 Å². The summed E-state index contributed by atoms with van der Waals surface area (Å²) >= 11 is 0. The summed E-state index contributed by atoms with van der Waals surface area (Å²) in [5, 5.41) is 2.47. The second-order valence-electron chi connectivity index (χ2n) is 7.10. The second kappa shape index (κ2) is 8.14. The van der Waals surface area contributed by atoms with E-state index in [2.05, 4.69) is 5.32 Å². The predicted molar refractivity (Wildman–Crippen MR) is 110 cm³/mol. The van der Waals surface area contributed by atoms with Crippen molar-refractivity contribution in [1.29, 1.82) is 0 Å². The standard InChI is InChI=1S/C24H15F2NO5/c1-12(32-24(31)20-18(25)7-4-8-19(20)26)23(30)27-13-9-10-16-17(11-13)22(29)15-6-3-2-5-14(15)21(16)28/h2-12H,1H3,(H,27,30). The number of hydrogen-bond acceptors (Lipinski definition) is 5. The van der Waals surface area contributed by atoms with E-state index < -0.39 is 35.2 Å². The van der Waals surface area contributed by atoms with Crippen LogP contribution in [0.4, 0.5) is 14.5 Å². The number of esters is 1. The first-order valence-corrected chi connectivity index (χ1v) is 9.56. The van der Waals surface area contributed by atoms with Crippen molar-refractivity contribution in [2.75, 3.05) is 5.32 Å². The van der Waals surface area contributed by atoms with Gasteiger partial charge in [-0.05, 0) is 37.3 Å². The number of carbonyl (C=O) groups is 4. The molecule has 0 aliphatic heterocycles. The minimum Gasteiger partial charge on any atom is -0.449 e. The van der Waals surface area contributed by atoms with Crippen LogP contribution in [0.25, 0.3) is 0 Å². The van der Waals surface area contributed by atoms with Gasteiger partial charge in [0.2, 0.25) is 0 Å². The first-order chi connectivity index (χ1) is 15.3. The number of nitrogens with one attached hydrogen (secondary N) is 1. The number of ketones is 2. The molecule has 0 fully saturated rings. The largest absolute Gasteiger partial charge is 0.449 e. The molecular weight excluding hydrogens is 420 g/mol. The van der Waals surface area contributed by atoms with Gasteiger partial charge in [0.1, 0.15) is 17.2 Å². The van der Waals surface area contributed by atoms with Crippen LogP contribution in [-0.4, -0.2) is 29.5 Å². The molecule has 0 saturated carbocycles. The van der Waals surface area contributed by atoms with E-state index in [0.29, 0.717) is 5.56 Å². The van der Waals surface area contributed by atoms with Crippen LogP contribution in [0.5, 0.6) is 0 Å². The lowest BCUT2D eigenvalue weighted by molar-refractivity contribution is -0.123. The van der Waals surface area contributed by atoms with Gasteiger partial charge in [-0.15, -0.1) is 0 Å². The molecule has 0 radical (unpaired) electrons. The molecule has 3 aromatic rings. The van der Waals surface area contributed by atoms with E-state index in [1.54, 1.807) is 24.3 Å². The molecule has 0 aromatic heterocycles. The summed E-state index contributed by atoms with van der Waals surface area (Å²) in [6.45, 7) is 1.23. The molecule has 32 heavy (non-hydrogen) atoms. The molecule has 8 heteroatoms. The van der Waals surface area contributed by atoms with Gasteiger partial charge < -0.3 is 10.1 Å². The molecule has 1 aliphatic rings. The molecule has 4 rings (SSSR count). The van der Waals surface area contributed by atoms with Crippen LogP contribution in [0.1, 0.15) is 49.1 Å². The minimum atomic E-state index is -1.39. The number of benzene rings is 3. The van der Waals surface area contributed by atoms with Crippen LogP contribution in [0.3, 0.4) is 0 Å². The molecule has 6 nitrogen and oxygen atoms in total. The Hall–Kier alpha value is -4.20. The Morgan fingerprint density at radius 2 is 1.38 bits per heavy atom. The first-order valence-electron chi connectivity index (χ1n) is 9.56. The summed E-state index contributed by atoms with van der Waals surface area (Å²) in [5.41, 5.74) is 0.203. The van der Waals surface area contributed by atoms with Gasteiger partial charge in [0.15, 0.2) is 17.7 Å². The molecular formula is C24H15F2NO5. The van der Waals surface area contributed by atoms with Gasteiger partial charge in [0.25, 0.3) is 5.91 Å². The molecule has 1 atom stereocenters. The molecule has 1 aliphatic carbocycles. The van der Waals surface area contributed by atoms with Crippen molar-refractivity contribution in [2.45, 2.75) is 13.0 Å². The molecule has 3 aromatic carbocycles. The Bertz CT molecular complexity index is 1280. The highest BCUT2D eigenvalue weighted by Crippen LogP contribution is 2.29. The smallest absolute Gasteiger partial charge is 0.344 e. The lowest BCUT2D eigenvalue weighted by atomic mass is 9.84. The van der Waals surface area contributed by atoms with Crippen LogP contribution in [0, 0.1) is 11.6 Å². The summed E-state index contributed by atoms with van der Waals surface area (Å²) in [6.07, 6.45) is -1.39. The van der Waals surface area contributed by atoms with E-state index in [0.717, 1.165) is 18.2 Å². The number of halogens is 2. The quantitative estimate of drug-likeness (QED) is 0.491. The average molecular weight is 435 g/mol. The molecule has 0 spiro atoms. The van der Waals surface area contributed by atoms with Crippen molar-refractivity contribution in [3.63, 3.8) is 0 Å². The summed E-state index contributed by atoms with van der Waals surface area (Å²) in [4.78, 5) is 49.9. The van der Waals surface area contributed by atoms with Crippen molar-refractivity contribution in [2.24, 2.45) is 0 Å². The summed E-state index contributed by atoms with van der Waals surface area (Å²) < 4.78 is 32.3.